The van der Waals surface area contributed by atoms with Crippen molar-refractivity contribution in [3.05, 3.63) is 29.8 Å². The third-order valence-corrected chi connectivity index (χ3v) is 5.55. The van der Waals surface area contributed by atoms with E-state index in [1.165, 1.54) is 32.1 Å². The van der Waals surface area contributed by atoms with Crippen molar-refractivity contribution in [3.8, 4) is 11.8 Å². The molecule has 0 bridgehead atoms. The molecule has 2 aliphatic carbocycles. The van der Waals surface area contributed by atoms with Gasteiger partial charge in [-0.05, 0) is 62.3 Å². The maximum Gasteiger partial charge on any atom is 0.260 e. The minimum atomic E-state index is -0.526. The summed E-state index contributed by atoms with van der Waals surface area (Å²) in [4.78, 5) is 12.4. The molecule has 4 heteroatoms. The standard InChI is InChI=1S/C20H26N2O2/c1-14(24-19-10-6-15(13-21)7-11-19)20(23)22-18-9-8-16-4-2-3-5-17(16)12-18/h6-7,10-11,14,16-18H,2-5,8-9,12H2,1H3,(H,22,23)/t14-,16+,17-,18+/m0/s1. The molecule has 0 aromatic heterocycles. The van der Waals surface area contributed by atoms with Crippen molar-refractivity contribution in [1.29, 1.82) is 5.26 Å². The van der Waals surface area contributed by atoms with Gasteiger partial charge >= 0.3 is 0 Å². The topological polar surface area (TPSA) is 62.1 Å². The number of fused-ring (bicyclic) bond motifs is 1. The van der Waals surface area contributed by atoms with Gasteiger partial charge in [0.25, 0.3) is 5.91 Å². The van der Waals surface area contributed by atoms with Gasteiger partial charge in [-0.15, -0.1) is 0 Å². The summed E-state index contributed by atoms with van der Waals surface area (Å²) in [6.07, 6.45) is 8.38. The Morgan fingerprint density at radius 2 is 1.88 bits per heavy atom. The highest BCUT2D eigenvalue weighted by Gasteiger charge is 2.33. The number of ether oxygens (including phenoxy) is 1. The van der Waals surface area contributed by atoms with Gasteiger partial charge in [-0.1, -0.05) is 25.7 Å². The Labute approximate surface area is 144 Å². The predicted molar refractivity (Wildman–Crippen MR) is 92.5 cm³/mol. The van der Waals surface area contributed by atoms with Gasteiger partial charge in [0.05, 0.1) is 11.6 Å². The molecule has 2 saturated carbocycles. The average Bonchev–Trinajstić information content (AvgIpc) is 2.62. The number of carbonyl (C=O) groups is 1. The highest BCUT2D eigenvalue weighted by atomic mass is 16.5. The molecule has 0 saturated heterocycles. The summed E-state index contributed by atoms with van der Waals surface area (Å²) in [5.41, 5.74) is 0.587. The lowest BCUT2D eigenvalue weighted by Gasteiger charge is -2.39. The third kappa shape index (κ3) is 4.08. The largest absolute Gasteiger partial charge is 0.481 e. The summed E-state index contributed by atoms with van der Waals surface area (Å²) in [5, 5.41) is 12.0. The van der Waals surface area contributed by atoms with Crippen molar-refractivity contribution in [3.63, 3.8) is 0 Å². The SMILES string of the molecule is C[C@H](Oc1ccc(C#N)cc1)C(=O)N[C@@H]1CC[C@H]2CCCC[C@H]2C1. The zero-order valence-electron chi connectivity index (χ0n) is 14.3. The fourth-order valence-corrected chi connectivity index (χ4v) is 4.19. The minimum Gasteiger partial charge on any atom is -0.481 e. The smallest absolute Gasteiger partial charge is 0.260 e. The molecule has 1 aromatic carbocycles. The summed E-state index contributed by atoms with van der Waals surface area (Å²) >= 11 is 0. The lowest BCUT2D eigenvalue weighted by molar-refractivity contribution is -0.128. The molecule has 3 rings (SSSR count). The molecule has 0 unspecified atom stereocenters. The first kappa shape index (κ1) is 16.8. The predicted octanol–water partition coefficient (Wildman–Crippen LogP) is 3.80. The van der Waals surface area contributed by atoms with Crippen molar-refractivity contribution in [2.24, 2.45) is 11.8 Å². The Kier molecular flexibility index (Phi) is 5.40. The Balaban J connectivity index is 1.49. The van der Waals surface area contributed by atoms with Crippen molar-refractivity contribution in [2.45, 2.75) is 64.0 Å². The molecule has 2 aliphatic rings. The number of nitrogens with one attached hydrogen (secondary N) is 1. The number of carbonyl (C=O) groups excluding carboxylic acids is 1. The number of rotatable bonds is 4. The average molecular weight is 326 g/mol. The number of hydrogen-bond acceptors (Lipinski definition) is 3. The molecule has 24 heavy (non-hydrogen) atoms. The number of nitriles is 1. The van der Waals surface area contributed by atoms with Crippen LogP contribution in [0.5, 0.6) is 5.75 Å². The third-order valence-electron chi connectivity index (χ3n) is 5.55. The molecular formula is C20H26N2O2. The van der Waals surface area contributed by atoms with Gasteiger partial charge in [0.15, 0.2) is 6.10 Å². The second-order valence-corrected chi connectivity index (χ2v) is 7.22. The van der Waals surface area contributed by atoms with E-state index in [9.17, 15) is 4.79 Å². The molecule has 0 radical (unpaired) electrons. The molecule has 4 nitrogen and oxygen atoms in total. The van der Waals surface area contributed by atoms with E-state index in [4.69, 9.17) is 10.00 Å². The summed E-state index contributed by atoms with van der Waals surface area (Å²) in [5.74, 6) is 2.26. The van der Waals surface area contributed by atoms with E-state index in [0.717, 1.165) is 24.7 Å². The van der Waals surface area contributed by atoms with Gasteiger partial charge < -0.3 is 10.1 Å². The Bertz CT molecular complexity index is 605. The lowest BCUT2D eigenvalue weighted by Crippen LogP contribution is -2.46. The van der Waals surface area contributed by atoms with Gasteiger partial charge in [0.1, 0.15) is 5.75 Å². The number of nitrogens with zero attached hydrogens (tertiary/aromatic N) is 1. The maximum absolute atomic E-state index is 12.4. The van der Waals surface area contributed by atoms with Crippen LogP contribution in [0.25, 0.3) is 0 Å². The molecule has 1 amide bonds. The summed E-state index contributed by atoms with van der Waals surface area (Å²) in [6, 6.07) is 9.23. The molecule has 0 spiro atoms. The molecular weight excluding hydrogens is 300 g/mol. The number of amides is 1. The highest BCUT2D eigenvalue weighted by Crippen LogP contribution is 2.40. The normalized spacial score (nSPS) is 27.4. The van der Waals surface area contributed by atoms with Crippen LogP contribution in [0.4, 0.5) is 0 Å². The van der Waals surface area contributed by atoms with Crippen LogP contribution in [0.1, 0.15) is 57.4 Å². The Morgan fingerprint density at radius 1 is 1.17 bits per heavy atom. The van der Waals surface area contributed by atoms with E-state index in [1.807, 2.05) is 0 Å². The van der Waals surface area contributed by atoms with Crippen molar-refractivity contribution in [1.82, 2.24) is 5.32 Å². The van der Waals surface area contributed by atoms with Crippen molar-refractivity contribution < 1.29 is 9.53 Å². The first-order chi connectivity index (χ1) is 11.7. The molecule has 2 fully saturated rings. The molecule has 1 N–H and O–H groups in total. The number of benzene rings is 1. The molecule has 128 valence electrons. The summed E-state index contributed by atoms with van der Waals surface area (Å²) < 4.78 is 5.70. The lowest BCUT2D eigenvalue weighted by atomic mass is 9.69. The zero-order valence-corrected chi connectivity index (χ0v) is 14.3. The molecule has 1 aromatic rings. The van der Waals surface area contributed by atoms with Gasteiger partial charge in [-0.3, -0.25) is 4.79 Å². The quantitative estimate of drug-likeness (QED) is 0.915. The maximum atomic E-state index is 12.4. The van der Waals surface area contributed by atoms with Crippen LogP contribution in [0.15, 0.2) is 24.3 Å². The van der Waals surface area contributed by atoms with E-state index in [1.54, 1.807) is 31.2 Å². The number of hydrogen-bond donors (Lipinski definition) is 1. The van der Waals surface area contributed by atoms with Crippen molar-refractivity contribution >= 4 is 5.91 Å². The monoisotopic (exact) mass is 326 g/mol. The molecule has 0 aliphatic heterocycles. The molecule has 4 atom stereocenters. The van der Waals surface area contributed by atoms with Crippen LogP contribution >= 0.6 is 0 Å². The zero-order chi connectivity index (χ0) is 16.9. The van der Waals surface area contributed by atoms with E-state index in [0.29, 0.717) is 17.4 Å². The van der Waals surface area contributed by atoms with E-state index in [-0.39, 0.29) is 5.91 Å². The van der Waals surface area contributed by atoms with E-state index >= 15 is 0 Å². The van der Waals surface area contributed by atoms with Crippen LogP contribution in [-0.4, -0.2) is 18.1 Å². The summed E-state index contributed by atoms with van der Waals surface area (Å²) in [7, 11) is 0. The van der Waals surface area contributed by atoms with Crippen LogP contribution in [0.3, 0.4) is 0 Å². The fourth-order valence-electron chi connectivity index (χ4n) is 4.19. The van der Waals surface area contributed by atoms with Gasteiger partial charge in [-0.2, -0.15) is 5.26 Å². The second kappa shape index (κ2) is 7.70. The molecule has 0 heterocycles. The van der Waals surface area contributed by atoms with Crippen LogP contribution < -0.4 is 10.1 Å². The van der Waals surface area contributed by atoms with Gasteiger partial charge in [-0.25, -0.2) is 0 Å². The summed E-state index contributed by atoms with van der Waals surface area (Å²) in [6.45, 7) is 1.78. The van der Waals surface area contributed by atoms with Crippen LogP contribution in [0, 0.1) is 23.2 Å². The van der Waals surface area contributed by atoms with Crippen LogP contribution in [0.2, 0.25) is 0 Å². The second-order valence-electron chi connectivity index (χ2n) is 7.22. The van der Waals surface area contributed by atoms with Gasteiger partial charge in [0, 0.05) is 6.04 Å². The van der Waals surface area contributed by atoms with E-state index < -0.39 is 6.10 Å². The minimum absolute atomic E-state index is 0.0429. The first-order valence-corrected chi connectivity index (χ1v) is 9.13. The Morgan fingerprint density at radius 3 is 2.58 bits per heavy atom. The van der Waals surface area contributed by atoms with Crippen molar-refractivity contribution in [2.75, 3.05) is 0 Å². The first-order valence-electron chi connectivity index (χ1n) is 9.13. The fraction of sp³-hybridized carbons (Fsp3) is 0.600. The van der Waals surface area contributed by atoms with Gasteiger partial charge in [0.2, 0.25) is 0 Å². The van der Waals surface area contributed by atoms with Crippen LogP contribution in [-0.2, 0) is 4.79 Å². The Hall–Kier alpha value is -2.02. The highest BCUT2D eigenvalue weighted by molar-refractivity contribution is 5.81. The van der Waals surface area contributed by atoms with E-state index in [2.05, 4.69) is 11.4 Å².